The maximum atomic E-state index is 6.04. The molecule has 0 saturated carbocycles. The fourth-order valence-electron chi connectivity index (χ4n) is 5.81. The summed E-state index contributed by atoms with van der Waals surface area (Å²) in [5.41, 5.74) is 10.8. The van der Waals surface area contributed by atoms with Crippen molar-refractivity contribution in [2.75, 3.05) is 0 Å². The van der Waals surface area contributed by atoms with Gasteiger partial charge in [-0.3, -0.25) is 4.98 Å². The normalized spacial score (nSPS) is 11.7. The molecule has 0 saturated heterocycles. The van der Waals surface area contributed by atoms with Crippen LogP contribution in [-0.4, -0.2) is 9.55 Å². The summed E-state index contributed by atoms with van der Waals surface area (Å²) in [5.74, 6) is 0. The second-order valence-electron chi connectivity index (χ2n) is 9.60. The Morgan fingerprint density at radius 3 is 1.95 bits per heavy atom. The van der Waals surface area contributed by atoms with Crippen molar-refractivity contribution < 1.29 is 4.42 Å². The first-order chi connectivity index (χ1) is 18.9. The number of para-hydroxylation sites is 3. The van der Waals surface area contributed by atoms with E-state index in [2.05, 4.69) is 125 Å². The number of hydrogen-bond donors (Lipinski definition) is 0. The zero-order valence-electron chi connectivity index (χ0n) is 20.5. The highest BCUT2D eigenvalue weighted by atomic mass is 16.3. The Bertz CT molecular complexity index is 2090. The van der Waals surface area contributed by atoms with Crippen molar-refractivity contribution >= 4 is 43.9 Å². The quantitative estimate of drug-likeness (QED) is 0.249. The molecule has 3 aromatic heterocycles. The molecule has 0 atom stereocenters. The average Bonchev–Trinajstić information content (AvgIpc) is 3.53. The van der Waals surface area contributed by atoms with Gasteiger partial charge in [-0.05, 0) is 59.2 Å². The van der Waals surface area contributed by atoms with Gasteiger partial charge in [-0.25, -0.2) is 0 Å². The zero-order valence-corrected chi connectivity index (χ0v) is 20.5. The van der Waals surface area contributed by atoms with E-state index >= 15 is 0 Å². The highest BCUT2D eigenvalue weighted by Crippen LogP contribution is 2.40. The van der Waals surface area contributed by atoms with Crippen molar-refractivity contribution in [1.82, 2.24) is 9.55 Å². The molecule has 0 radical (unpaired) electrons. The summed E-state index contributed by atoms with van der Waals surface area (Å²) in [4.78, 5) is 4.59. The second kappa shape index (κ2) is 8.19. The molecule has 3 heterocycles. The van der Waals surface area contributed by atoms with Crippen molar-refractivity contribution in [3.63, 3.8) is 0 Å². The highest BCUT2D eigenvalue weighted by Gasteiger charge is 2.17. The van der Waals surface area contributed by atoms with E-state index in [9.17, 15) is 0 Å². The van der Waals surface area contributed by atoms with Crippen LogP contribution in [0.2, 0.25) is 0 Å². The fourth-order valence-corrected chi connectivity index (χ4v) is 5.81. The standard InChI is InChI=1S/C35H22N2O/c1-2-11-25(24(10-1)23-19-20-33-29(22-23)35-34(38-33)18-9-21-36-35)26-12-3-6-15-30(26)37-31-16-7-4-13-27(31)28-14-5-8-17-32(28)37/h1-22H. The molecule has 0 N–H and O–H groups in total. The van der Waals surface area contributed by atoms with Crippen LogP contribution in [0.5, 0.6) is 0 Å². The Morgan fingerprint density at radius 2 is 1.16 bits per heavy atom. The maximum Gasteiger partial charge on any atom is 0.153 e. The first-order valence-corrected chi connectivity index (χ1v) is 12.8. The molecule has 0 aliphatic rings. The molecule has 3 heteroatoms. The van der Waals surface area contributed by atoms with Crippen molar-refractivity contribution in [3.05, 3.63) is 134 Å². The van der Waals surface area contributed by atoms with E-state index in [1.54, 1.807) is 0 Å². The van der Waals surface area contributed by atoms with Crippen LogP contribution in [0.4, 0.5) is 0 Å². The number of nitrogens with zero attached hydrogens (tertiary/aromatic N) is 2. The van der Waals surface area contributed by atoms with Crippen molar-refractivity contribution in [2.24, 2.45) is 0 Å². The van der Waals surface area contributed by atoms with Crippen LogP contribution < -0.4 is 0 Å². The molecule has 0 amide bonds. The molecule has 0 fully saturated rings. The Kier molecular flexibility index (Phi) is 4.52. The predicted molar refractivity (Wildman–Crippen MR) is 157 cm³/mol. The third-order valence-corrected chi connectivity index (χ3v) is 7.48. The van der Waals surface area contributed by atoms with Crippen molar-refractivity contribution in [2.45, 2.75) is 0 Å². The van der Waals surface area contributed by atoms with E-state index in [-0.39, 0.29) is 0 Å². The van der Waals surface area contributed by atoms with Crippen LogP contribution in [0.1, 0.15) is 0 Å². The van der Waals surface area contributed by atoms with Gasteiger partial charge in [0.05, 0.1) is 16.7 Å². The predicted octanol–water partition coefficient (Wildman–Crippen LogP) is 9.41. The van der Waals surface area contributed by atoms with E-state index in [4.69, 9.17) is 4.42 Å². The lowest BCUT2D eigenvalue weighted by molar-refractivity contribution is 0.668. The monoisotopic (exact) mass is 486 g/mol. The molecule has 0 unspecified atom stereocenters. The third kappa shape index (κ3) is 3.06. The van der Waals surface area contributed by atoms with Crippen LogP contribution in [0.25, 0.3) is 71.8 Å². The van der Waals surface area contributed by atoms with E-state index in [0.29, 0.717) is 0 Å². The molecule has 8 aromatic rings. The summed E-state index contributed by atoms with van der Waals surface area (Å²) >= 11 is 0. The van der Waals surface area contributed by atoms with Crippen LogP contribution in [0.15, 0.2) is 138 Å². The first-order valence-electron chi connectivity index (χ1n) is 12.8. The smallest absolute Gasteiger partial charge is 0.153 e. The Labute approximate surface area is 219 Å². The highest BCUT2D eigenvalue weighted by molar-refractivity contribution is 6.10. The number of fused-ring (bicyclic) bond motifs is 6. The van der Waals surface area contributed by atoms with Gasteiger partial charge in [0, 0.05) is 27.9 Å². The Balaban J connectivity index is 1.39. The summed E-state index contributed by atoms with van der Waals surface area (Å²) in [6.07, 6.45) is 1.82. The fraction of sp³-hybridized carbons (Fsp3) is 0. The van der Waals surface area contributed by atoms with Crippen LogP contribution in [0.3, 0.4) is 0 Å². The molecule has 3 nitrogen and oxygen atoms in total. The zero-order chi connectivity index (χ0) is 25.1. The van der Waals surface area contributed by atoms with Crippen LogP contribution in [-0.2, 0) is 0 Å². The molecule has 5 aromatic carbocycles. The summed E-state index contributed by atoms with van der Waals surface area (Å²) < 4.78 is 8.44. The number of pyridine rings is 1. The lowest BCUT2D eigenvalue weighted by atomic mass is 9.93. The number of furan rings is 1. The molecular formula is C35H22N2O. The molecular weight excluding hydrogens is 464 g/mol. The van der Waals surface area contributed by atoms with E-state index in [1.165, 1.54) is 38.5 Å². The molecule has 38 heavy (non-hydrogen) atoms. The average molecular weight is 487 g/mol. The van der Waals surface area contributed by atoms with Gasteiger partial charge in [-0.15, -0.1) is 0 Å². The lowest BCUT2D eigenvalue weighted by Gasteiger charge is -2.17. The molecule has 178 valence electrons. The van der Waals surface area contributed by atoms with Gasteiger partial charge in [0.25, 0.3) is 0 Å². The third-order valence-electron chi connectivity index (χ3n) is 7.48. The molecule has 0 spiro atoms. The van der Waals surface area contributed by atoms with E-state index in [1.807, 2.05) is 18.3 Å². The van der Waals surface area contributed by atoms with Gasteiger partial charge in [0.2, 0.25) is 0 Å². The van der Waals surface area contributed by atoms with Gasteiger partial charge in [0.15, 0.2) is 5.58 Å². The molecule has 0 bridgehead atoms. The lowest BCUT2D eigenvalue weighted by Crippen LogP contribution is -1.98. The van der Waals surface area contributed by atoms with E-state index in [0.717, 1.165) is 33.3 Å². The minimum absolute atomic E-state index is 0.810. The summed E-state index contributed by atoms with van der Waals surface area (Å²) in [7, 11) is 0. The Hall–Kier alpha value is -5.15. The minimum atomic E-state index is 0.810. The maximum absolute atomic E-state index is 6.04. The summed E-state index contributed by atoms with van der Waals surface area (Å²) in [6, 6.07) is 45.0. The van der Waals surface area contributed by atoms with Crippen molar-refractivity contribution in [1.29, 1.82) is 0 Å². The molecule has 8 rings (SSSR count). The molecule has 0 aliphatic heterocycles. The second-order valence-corrected chi connectivity index (χ2v) is 9.60. The number of hydrogen-bond acceptors (Lipinski definition) is 2. The number of benzene rings is 5. The van der Waals surface area contributed by atoms with Gasteiger partial charge in [-0.1, -0.05) is 84.9 Å². The van der Waals surface area contributed by atoms with Crippen molar-refractivity contribution in [3.8, 4) is 27.9 Å². The number of aromatic nitrogens is 2. The van der Waals surface area contributed by atoms with Gasteiger partial charge in [0.1, 0.15) is 11.1 Å². The topological polar surface area (TPSA) is 31.0 Å². The minimum Gasteiger partial charge on any atom is -0.454 e. The summed E-state index contributed by atoms with van der Waals surface area (Å²) in [5, 5.41) is 3.55. The molecule has 0 aliphatic carbocycles. The van der Waals surface area contributed by atoms with E-state index < -0.39 is 0 Å². The Morgan fingerprint density at radius 1 is 0.500 bits per heavy atom. The summed E-state index contributed by atoms with van der Waals surface area (Å²) in [6.45, 7) is 0. The van der Waals surface area contributed by atoms with Crippen LogP contribution in [0, 0.1) is 0 Å². The first kappa shape index (κ1) is 21.0. The van der Waals surface area contributed by atoms with Gasteiger partial charge >= 0.3 is 0 Å². The largest absolute Gasteiger partial charge is 0.454 e. The van der Waals surface area contributed by atoms with Gasteiger partial charge in [-0.2, -0.15) is 0 Å². The van der Waals surface area contributed by atoms with Crippen LogP contribution >= 0.6 is 0 Å². The SMILES string of the molecule is c1ccc(-c2ccccc2-n2c3ccccc3c3ccccc32)c(-c2ccc3oc4cccnc4c3c2)c1. The number of rotatable bonds is 3. The van der Waals surface area contributed by atoms with Gasteiger partial charge < -0.3 is 8.98 Å².